The number of amides is 1. The van der Waals surface area contributed by atoms with Crippen LogP contribution in [0.5, 0.6) is 0 Å². The molecule has 0 unspecified atom stereocenters. The summed E-state index contributed by atoms with van der Waals surface area (Å²) in [5.74, 6) is -0.565. The summed E-state index contributed by atoms with van der Waals surface area (Å²) in [6, 6.07) is 7.47. The van der Waals surface area contributed by atoms with Gasteiger partial charge in [-0.25, -0.2) is 4.98 Å². The van der Waals surface area contributed by atoms with Crippen LogP contribution in [0, 0.1) is 0 Å². The second-order valence-electron chi connectivity index (χ2n) is 5.23. The smallest absolute Gasteiger partial charge is 0.268 e. The summed E-state index contributed by atoms with van der Waals surface area (Å²) < 4.78 is 1.91. The van der Waals surface area contributed by atoms with Gasteiger partial charge in [0, 0.05) is 36.6 Å². The molecule has 24 heavy (non-hydrogen) atoms. The van der Waals surface area contributed by atoms with Crippen LogP contribution in [0.2, 0.25) is 0 Å². The van der Waals surface area contributed by atoms with Gasteiger partial charge in [-0.05, 0) is 24.3 Å². The molecule has 0 radical (unpaired) electrons. The predicted octanol–water partition coefficient (Wildman–Crippen LogP) is 2.25. The highest BCUT2D eigenvalue weighted by Gasteiger charge is 2.17. The van der Waals surface area contributed by atoms with Gasteiger partial charge < -0.3 is 10.3 Å². The summed E-state index contributed by atoms with van der Waals surface area (Å²) in [6.45, 7) is 0. The zero-order valence-corrected chi connectivity index (χ0v) is 13.5. The van der Waals surface area contributed by atoms with Crippen LogP contribution in [0.15, 0.2) is 42.9 Å². The van der Waals surface area contributed by atoms with E-state index in [-0.39, 0.29) is 5.69 Å². The standard InChI is InChI=1S/C16H12N6OS/c1-22-6-4-10-12(22)7-11(19-13(10)14(17)23)16-21-20-15(24-16)9-3-2-5-18-8-9/h2-8H,1H3,(H2,17,23). The number of nitrogens with two attached hydrogens (primary N) is 1. The van der Waals surface area contributed by atoms with Gasteiger partial charge in [0.1, 0.15) is 16.4 Å². The van der Waals surface area contributed by atoms with Crippen molar-refractivity contribution < 1.29 is 4.79 Å². The lowest BCUT2D eigenvalue weighted by molar-refractivity contribution is 0.0997. The fourth-order valence-corrected chi connectivity index (χ4v) is 3.29. The van der Waals surface area contributed by atoms with Crippen molar-refractivity contribution in [2.24, 2.45) is 12.8 Å². The molecule has 7 nitrogen and oxygen atoms in total. The van der Waals surface area contributed by atoms with Gasteiger partial charge in [-0.2, -0.15) is 0 Å². The van der Waals surface area contributed by atoms with E-state index in [1.165, 1.54) is 11.3 Å². The molecule has 4 heterocycles. The average Bonchev–Trinajstić information content (AvgIpc) is 3.22. The summed E-state index contributed by atoms with van der Waals surface area (Å²) in [6.07, 6.45) is 5.30. The molecule has 4 aromatic heterocycles. The summed E-state index contributed by atoms with van der Waals surface area (Å²) in [5.41, 5.74) is 8.05. The van der Waals surface area contributed by atoms with Crippen LogP contribution >= 0.6 is 11.3 Å². The first-order valence-electron chi connectivity index (χ1n) is 7.13. The van der Waals surface area contributed by atoms with Crippen LogP contribution in [-0.4, -0.2) is 30.6 Å². The Kier molecular flexibility index (Phi) is 3.31. The van der Waals surface area contributed by atoms with Crippen LogP contribution in [0.3, 0.4) is 0 Å². The maximum atomic E-state index is 11.7. The third kappa shape index (κ3) is 2.33. The van der Waals surface area contributed by atoms with E-state index in [1.54, 1.807) is 12.4 Å². The number of aromatic nitrogens is 5. The van der Waals surface area contributed by atoms with Crippen molar-refractivity contribution in [1.29, 1.82) is 0 Å². The molecule has 0 saturated heterocycles. The van der Waals surface area contributed by atoms with Crippen LogP contribution in [0.1, 0.15) is 10.5 Å². The van der Waals surface area contributed by atoms with Gasteiger partial charge in [0.25, 0.3) is 5.91 Å². The van der Waals surface area contributed by atoms with E-state index in [9.17, 15) is 4.79 Å². The highest BCUT2D eigenvalue weighted by molar-refractivity contribution is 7.17. The number of carbonyl (C=O) groups excluding carboxylic acids is 1. The summed E-state index contributed by atoms with van der Waals surface area (Å²) in [5, 5.41) is 10.5. The minimum Gasteiger partial charge on any atom is -0.364 e. The second kappa shape index (κ2) is 5.50. The van der Waals surface area contributed by atoms with Crippen LogP contribution in [-0.2, 0) is 7.05 Å². The highest BCUT2D eigenvalue weighted by Crippen LogP contribution is 2.31. The lowest BCUT2D eigenvalue weighted by atomic mass is 10.2. The number of rotatable bonds is 3. The normalized spacial score (nSPS) is 11.0. The molecule has 0 fully saturated rings. The van der Waals surface area contributed by atoms with E-state index in [0.717, 1.165) is 21.5 Å². The first-order chi connectivity index (χ1) is 11.6. The van der Waals surface area contributed by atoms with Crippen LogP contribution in [0.4, 0.5) is 0 Å². The molecule has 0 aliphatic carbocycles. The molecule has 0 aromatic carbocycles. The maximum Gasteiger partial charge on any atom is 0.268 e. The number of nitrogens with zero attached hydrogens (tertiary/aromatic N) is 5. The van der Waals surface area contributed by atoms with Crippen molar-refractivity contribution in [3.05, 3.63) is 48.5 Å². The summed E-state index contributed by atoms with van der Waals surface area (Å²) in [7, 11) is 1.90. The highest BCUT2D eigenvalue weighted by atomic mass is 32.1. The predicted molar refractivity (Wildman–Crippen MR) is 91.4 cm³/mol. The Morgan fingerprint density at radius 1 is 1.25 bits per heavy atom. The largest absolute Gasteiger partial charge is 0.364 e. The van der Waals surface area contributed by atoms with E-state index in [1.807, 2.05) is 42.1 Å². The molecule has 4 rings (SSSR count). The third-order valence-electron chi connectivity index (χ3n) is 3.67. The Hall–Kier alpha value is -3.13. The van der Waals surface area contributed by atoms with Gasteiger partial charge in [0.15, 0.2) is 5.01 Å². The van der Waals surface area contributed by atoms with Crippen molar-refractivity contribution in [3.63, 3.8) is 0 Å². The quantitative estimate of drug-likeness (QED) is 0.618. The number of pyridine rings is 2. The Bertz CT molecular complexity index is 1050. The Labute approximate surface area is 140 Å². The van der Waals surface area contributed by atoms with Gasteiger partial charge in [-0.3, -0.25) is 9.78 Å². The minimum absolute atomic E-state index is 0.237. The zero-order chi connectivity index (χ0) is 16.7. The van der Waals surface area contributed by atoms with E-state index in [0.29, 0.717) is 10.7 Å². The minimum atomic E-state index is -0.565. The van der Waals surface area contributed by atoms with Gasteiger partial charge in [0.05, 0.1) is 5.52 Å². The molecule has 0 aliphatic heterocycles. The molecular formula is C16H12N6OS. The monoisotopic (exact) mass is 336 g/mol. The molecule has 1 amide bonds. The van der Waals surface area contributed by atoms with E-state index in [2.05, 4.69) is 20.2 Å². The van der Waals surface area contributed by atoms with E-state index < -0.39 is 5.91 Å². The number of primary amides is 1. The molecule has 0 spiro atoms. The number of hydrogen-bond donors (Lipinski definition) is 1. The third-order valence-corrected chi connectivity index (χ3v) is 4.66. The Balaban J connectivity index is 1.86. The molecule has 0 saturated carbocycles. The molecule has 0 bridgehead atoms. The van der Waals surface area contributed by atoms with Gasteiger partial charge >= 0.3 is 0 Å². The SMILES string of the molecule is Cn1ccc2c(C(N)=O)nc(-c3nnc(-c4cccnc4)s3)cc21. The van der Waals surface area contributed by atoms with Gasteiger partial charge in [-0.15, -0.1) is 10.2 Å². The van der Waals surface area contributed by atoms with Gasteiger partial charge in [-0.1, -0.05) is 11.3 Å². The molecular weight excluding hydrogens is 324 g/mol. The molecule has 4 aromatic rings. The van der Waals surface area contributed by atoms with Crippen molar-refractivity contribution in [1.82, 2.24) is 24.7 Å². The van der Waals surface area contributed by atoms with Crippen molar-refractivity contribution >= 4 is 28.1 Å². The number of aryl methyl sites for hydroxylation is 1. The zero-order valence-electron chi connectivity index (χ0n) is 12.7. The fourth-order valence-electron chi connectivity index (χ4n) is 2.49. The van der Waals surface area contributed by atoms with Crippen molar-refractivity contribution in [2.45, 2.75) is 0 Å². The van der Waals surface area contributed by atoms with Crippen molar-refractivity contribution in [2.75, 3.05) is 0 Å². The molecule has 0 atom stereocenters. The first kappa shape index (κ1) is 14.5. The summed E-state index contributed by atoms with van der Waals surface area (Å²) in [4.78, 5) is 20.2. The summed E-state index contributed by atoms with van der Waals surface area (Å²) >= 11 is 1.39. The first-order valence-corrected chi connectivity index (χ1v) is 7.95. The van der Waals surface area contributed by atoms with E-state index in [4.69, 9.17) is 5.73 Å². The molecule has 0 aliphatic rings. The lowest BCUT2D eigenvalue weighted by Crippen LogP contribution is -2.14. The number of fused-ring (bicyclic) bond motifs is 1. The topological polar surface area (TPSA) is 99.6 Å². The van der Waals surface area contributed by atoms with Crippen LogP contribution < -0.4 is 5.73 Å². The number of carbonyl (C=O) groups is 1. The number of hydrogen-bond acceptors (Lipinski definition) is 6. The van der Waals surface area contributed by atoms with E-state index >= 15 is 0 Å². The van der Waals surface area contributed by atoms with Crippen LogP contribution in [0.25, 0.3) is 32.2 Å². The van der Waals surface area contributed by atoms with Gasteiger partial charge in [0.2, 0.25) is 0 Å². The Morgan fingerprint density at radius 3 is 2.83 bits per heavy atom. The second-order valence-corrected chi connectivity index (χ2v) is 6.21. The Morgan fingerprint density at radius 2 is 2.08 bits per heavy atom. The lowest BCUT2D eigenvalue weighted by Gasteiger charge is -2.03. The fraction of sp³-hybridized carbons (Fsp3) is 0.0625. The molecule has 8 heteroatoms. The molecule has 118 valence electrons. The molecule has 2 N–H and O–H groups in total. The maximum absolute atomic E-state index is 11.7. The van der Waals surface area contributed by atoms with Crippen molar-refractivity contribution in [3.8, 4) is 21.3 Å². The average molecular weight is 336 g/mol.